The van der Waals surface area contributed by atoms with Gasteiger partial charge in [0.25, 0.3) is 0 Å². The summed E-state index contributed by atoms with van der Waals surface area (Å²) in [6.07, 6.45) is 0.834. The van der Waals surface area contributed by atoms with Crippen molar-refractivity contribution in [3.63, 3.8) is 0 Å². The van der Waals surface area contributed by atoms with Crippen LogP contribution < -0.4 is 5.32 Å². The summed E-state index contributed by atoms with van der Waals surface area (Å²) in [6, 6.07) is -1.72. The molecule has 0 rings (SSSR count). The van der Waals surface area contributed by atoms with Crippen molar-refractivity contribution >= 4 is 12.0 Å². The molecule has 17 heavy (non-hydrogen) atoms. The highest BCUT2D eigenvalue weighted by Gasteiger charge is 2.23. The fourth-order valence-electron chi connectivity index (χ4n) is 1.48. The molecule has 0 spiro atoms. The summed E-state index contributed by atoms with van der Waals surface area (Å²) in [5.74, 6) is -0.792. The summed E-state index contributed by atoms with van der Waals surface area (Å²) in [7, 11) is 1.61. The van der Waals surface area contributed by atoms with E-state index in [1.54, 1.807) is 7.05 Å². The van der Waals surface area contributed by atoms with Gasteiger partial charge in [-0.15, -0.1) is 0 Å². The smallest absolute Gasteiger partial charge is 0.328 e. The summed E-state index contributed by atoms with van der Waals surface area (Å²) >= 11 is 0. The van der Waals surface area contributed by atoms with Gasteiger partial charge in [-0.1, -0.05) is 13.8 Å². The van der Waals surface area contributed by atoms with Gasteiger partial charge in [0, 0.05) is 13.1 Å². The van der Waals surface area contributed by atoms with Crippen LogP contribution in [0.25, 0.3) is 0 Å². The highest BCUT2D eigenvalue weighted by molar-refractivity contribution is 5.82. The highest BCUT2D eigenvalue weighted by Crippen LogP contribution is 2.09. The molecule has 0 radical (unpaired) electrons. The molecule has 0 saturated heterocycles. The van der Waals surface area contributed by atoms with E-state index in [1.807, 2.05) is 6.92 Å². The first-order chi connectivity index (χ1) is 7.79. The molecule has 0 saturated carbocycles. The van der Waals surface area contributed by atoms with Crippen molar-refractivity contribution in [3.8, 4) is 0 Å². The van der Waals surface area contributed by atoms with Crippen molar-refractivity contribution in [2.75, 3.05) is 13.7 Å². The molecule has 0 aliphatic heterocycles. The number of urea groups is 1. The monoisotopic (exact) mass is 246 g/mol. The topological polar surface area (TPSA) is 89.9 Å². The van der Waals surface area contributed by atoms with E-state index >= 15 is 0 Å². The molecule has 0 aliphatic rings. The van der Waals surface area contributed by atoms with Gasteiger partial charge in [0.2, 0.25) is 0 Å². The van der Waals surface area contributed by atoms with Crippen LogP contribution in [0, 0.1) is 5.92 Å². The lowest BCUT2D eigenvalue weighted by atomic mass is 10.0. The second kappa shape index (κ2) is 7.11. The van der Waals surface area contributed by atoms with E-state index in [0.717, 1.165) is 6.42 Å². The summed E-state index contributed by atoms with van der Waals surface area (Å²) in [5.41, 5.74) is 0. The summed E-state index contributed by atoms with van der Waals surface area (Å²) in [6.45, 7) is 5.38. The zero-order valence-corrected chi connectivity index (χ0v) is 10.8. The van der Waals surface area contributed by atoms with Crippen LogP contribution in [-0.2, 0) is 4.79 Å². The third-order valence-electron chi connectivity index (χ3n) is 2.57. The first-order valence-electron chi connectivity index (χ1n) is 5.66. The SMILES string of the molecule is CC(C)CC(C)N(C)C(=O)N[C@H](CO)C(=O)O. The van der Waals surface area contributed by atoms with Crippen LogP contribution in [0.15, 0.2) is 0 Å². The van der Waals surface area contributed by atoms with Crippen molar-refractivity contribution in [2.24, 2.45) is 5.92 Å². The van der Waals surface area contributed by atoms with Gasteiger partial charge < -0.3 is 20.4 Å². The molecule has 2 atom stereocenters. The molecule has 0 aromatic rings. The Hall–Kier alpha value is -1.30. The Morgan fingerprint density at radius 1 is 1.29 bits per heavy atom. The van der Waals surface area contributed by atoms with Gasteiger partial charge in [0.15, 0.2) is 6.04 Å². The second-order valence-corrected chi connectivity index (χ2v) is 4.61. The molecule has 6 heteroatoms. The Morgan fingerprint density at radius 3 is 2.18 bits per heavy atom. The van der Waals surface area contributed by atoms with Gasteiger partial charge in [0.1, 0.15) is 0 Å². The Morgan fingerprint density at radius 2 is 1.82 bits per heavy atom. The Balaban J connectivity index is 4.34. The standard InChI is InChI=1S/C11H22N2O4/c1-7(2)5-8(3)13(4)11(17)12-9(6-14)10(15)16/h7-9,14H,5-6H2,1-4H3,(H,12,17)(H,15,16)/t8?,9-/m1/s1. The number of aliphatic hydroxyl groups excluding tert-OH is 1. The molecule has 0 heterocycles. The van der Waals surface area contributed by atoms with Crippen LogP contribution in [0.2, 0.25) is 0 Å². The summed E-state index contributed by atoms with van der Waals surface area (Å²) < 4.78 is 0. The zero-order valence-electron chi connectivity index (χ0n) is 10.8. The van der Waals surface area contributed by atoms with E-state index in [2.05, 4.69) is 19.2 Å². The minimum Gasteiger partial charge on any atom is -0.480 e. The van der Waals surface area contributed by atoms with Crippen molar-refractivity contribution in [3.05, 3.63) is 0 Å². The molecule has 0 aliphatic carbocycles. The second-order valence-electron chi connectivity index (χ2n) is 4.61. The fraction of sp³-hybridized carbons (Fsp3) is 0.818. The minimum atomic E-state index is -1.25. The molecule has 3 N–H and O–H groups in total. The summed E-state index contributed by atoms with van der Waals surface area (Å²) in [5, 5.41) is 19.7. The highest BCUT2D eigenvalue weighted by atomic mass is 16.4. The maximum Gasteiger partial charge on any atom is 0.328 e. The number of aliphatic carboxylic acids is 1. The molecular formula is C11H22N2O4. The van der Waals surface area contributed by atoms with Crippen molar-refractivity contribution in [1.82, 2.24) is 10.2 Å². The number of hydrogen-bond acceptors (Lipinski definition) is 3. The van der Waals surface area contributed by atoms with E-state index in [9.17, 15) is 9.59 Å². The van der Waals surface area contributed by atoms with E-state index in [4.69, 9.17) is 10.2 Å². The van der Waals surface area contributed by atoms with Gasteiger partial charge in [-0.25, -0.2) is 9.59 Å². The average molecular weight is 246 g/mol. The summed E-state index contributed by atoms with van der Waals surface area (Å²) in [4.78, 5) is 23.8. The van der Waals surface area contributed by atoms with E-state index in [1.165, 1.54) is 4.90 Å². The predicted octanol–water partition coefficient (Wildman–Crippen LogP) is 0.508. The molecular weight excluding hydrogens is 224 g/mol. The molecule has 0 aromatic carbocycles. The number of nitrogens with one attached hydrogen (secondary N) is 1. The number of nitrogens with zero attached hydrogens (tertiary/aromatic N) is 1. The molecule has 100 valence electrons. The van der Waals surface area contributed by atoms with Crippen LogP contribution in [0.5, 0.6) is 0 Å². The van der Waals surface area contributed by atoms with Gasteiger partial charge in [-0.05, 0) is 19.3 Å². The van der Waals surface area contributed by atoms with Gasteiger partial charge >= 0.3 is 12.0 Å². The van der Waals surface area contributed by atoms with E-state index < -0.39 is 24.6 Å². The maximum absolute atomic E-state index is 11.7. The zero-order chi connectivity index (χ0) is 13.6. The quantitative estimate of drug-likeness (QED) is 0.637. The first kappa shape index (κ1) is 15.7. The van der Waals surface area contributed by atoms with E-state index in [0.29, 0.717) is 5.92 Å². The van der Waals surface area contributed by atoms with Crippen LogP contribution in [0.4, 0.5) is 4.79 Å². The largest absolute Gasteiger partial charge is 0.480 e. The third-order valence-corrected chi connectivity index (χ3v) is 2.57. The number of carboxylic acid groups (broad SMARTS) is 1. The van der Waals surface area contributed by atoms with Gasteiger partial charge in [0.05, 0.1) is 6.61 Å². The van der Waals surface area contributed by atoms with Crippen LogP contribution in [0.1, 0.15) is 27.2 Å². The lowest BCUT2D eigenvalue weighted by Gasteiger charge is -2.27. The lowest BCUT2D eigenvalue weighted by Crippen LogP contribution is -2.50. The molecule has 0 aromatic heterocycles. The molecule has 2 amide bonds. The lowest BCUT2D eigenvalue weighted by molar-refractivity contribution is -0.140. The Kier molecular flexibility index (Phi) is 6.57. The van der Waals surface area contributed by atoms with Gasteiger partial charge in [-0.3, -0.25) is 0 Å². The van der Waals surface area contributed by atoms with E-state index in [-0.39, 0.29) is 6.04 Å². The first-order valence-corrected chi connectivity index (χ1v) is 5.66. The third kappa shape index (κ3) is 5.53. The van der Waals surface area contributed by atoms with Crippen molar-refractivity contribution < 1.29 is 19.8 Å². The number of rotatable bonds is 6. The molecule has 0 fully saturated rings. The number of aliphatic hydroxyl groups is 1. The minimum absolute atomic E-state index is 0.0168. The predicted molar refractivity (Wildman–Crippen MR) is 63.7 cm³/mol. The van der Waals surface area contributed by atoms with Crippen molar-refractivity contribution in [1.29, 1.82) is 0 Å². The van der Waals surface area contributed by atoms with Crippen LogP contribution >= 0.6 is 0 Å². The molecule has 0 bridgehead atoms. The normalized spacial score (nSPS) is 14.2. The fourth-order valence-corrected chi connectivity index (χ4v) is 1.48. The average Bonchev–Trinajstić information content (AvgIpc) is 2.22. The maximum atomic E-state index is 11.7. The number of carbonyl (C=O) groups is 2. The number of hydrogen-bond donors (Lipinski definition) is 3. The number of carboxylic acids is 1. The molecule has 6 nitrogen and oxygen atoms in total. The van der Waals surface area contributed by atoms with Gasteiger partial charge in [-0.2, -0.15) is 0 Å². The number of carbonyl (C=O) groups excluding carboxylic acids is 1. The van der Waals surface area contributed by atoms with Crippen LogP contribution in [0.3, 0.4) is 0 Å². The Bertz CT molecular complexity index is 268. The molecule has 1 unspecified atom stereocenters. The van der Waals surface area contributed by atoms with Crippen molar-refractivity contribution in [2.45, 2.75) is 39.3 Å². The Labute approximate surface area is 102 Å². The van der Waals surface area contributed by atoms with Crippen LogP contribution in [-0.4, -0.2) is 52.9 Å². The number of amides is 2.